The fraction of sp³-hybridized carbons (Fsp3) is 0.625. The molecule has 0 amide bonds. The maximum atomic E-state index is 5.78. The summed E-state index contributed by atoms with van der Waals surface area (Å²) in [7, 11) is 0. The number of aryl methyl sites for hydroxylation is 1. The Hall–Kier alpha value is -1.06. The van der Waals surface area contributed by atoms with Gasteiger partial charge in [0.15, 0.2) is 0 Å². The molecule has 3 heteroatoms. The lowest BCUT2D eigenvalue weighted by Gasteiger charge is -2.37. The van der Waals surface area contributed by atoms with Crippen molar-refractivity contribution in [2.45, 2.75) is 38.3 Å². The Kier molecular flexibility index (Phi) is 4.04. The van der Waals surface area contributed by atoms with Crippen LogP contribution < -0.4 is 5.32 Å². The molecule has 2 atom stereocenters. The van der Waals surface area contributed by atoms with Gasteiger partial charge in [-0.15, -0.1) is 0 Å². The lowest BCUT2D eigenvalue weighted by atomic mass is 10.0. The molecule has 104 valence electrons. The largest absolute Gasteiger partial charge is 0.383 e. The molecule has 3 nitrogen and oxygen atoms in total. The first-order valence-corrected chi connectivity index (χ1v) is 7.54. The summed E-state index contributed by atoms with van der Waals surface area (Å²) >= 11 is 0. The highest BCUT2D eigenvalue weighted by atomic mass is 16.5. The van der Waals surface area contributed by atoms with E-state index in [0.717, 1.165) is 32.7 Å². The van der Waals surface area contributed by atoms with Crippen LogP contribution >= 0.6 is 0 Å². The molecular weight excluding hydrogens is 236 g/mol. The normalized spacial score (nSPS) is 28.3. The van der Waals surface area contributed by atoms with Crippen LogP contribution in [0.3, 0.4) is 0 Å². The highest BCUT2D eigenvalue weighted by molar-refractivity contribution is 5.52. The minimum atomic E-state index is 0.430. The standard InChI is InChI=1S/C16H24N2O/c1-2-15-12-18(9-10-19-15)14-8-7-13-5-3-4-6-16(13)17-11-14/h3-6,14-15,17H,2,7-12H2,1H3. The van der Waals surface area contributed by atoms with Gasteiger partial charge >= 0.3 is 0 Å². The molecule has 0 radical (unpaired) electrons. The molecule has 0 aromatic heterocycles. The Morgan fingerprint density at radius 1 is 1.37 bits per heavy atom. The number of fused-ring (bicyclic) bond motifs is 1. The summed E-state index contributed by atoms with van der Waals surface area (Å²) in [5.41, 5.74) is 2.79. The molecule has 1 fully saturated rings. The first-order chi connectivity index (χ1) is 9.36. The molecule has 2 aliphatic heterocycles. The van der Waals surface area contributed by atoms with Crippen LogP contribution in [-0.2, 0) is 11.2 Å². The average molecular weight is 260 g/mol. The van der Waals surface area contributed by atoms with Crippen LogP contribution in [-0.4, -0.2) is 43.3 Å². The minimum Gasteiger partial charge on any atom is -0.383 e. The summed E-state index contributed by atoms with van der Waals surface area (Å²) in [6.45, 7) is 6.35. The van der Waals surface area contributed by atoms with Crippen molar-refractivity contribution in [3.05, 3.63) is 29.8 Å². The predicted octanol–water partition coefficient (Wildman–Crippen LogP) is 2.52. The number of nitrogens with one attached hydrogen (secondary N) is 1. The third-order valence-corrected chi connectivity index (χ3v) is 4.43. The van der Waals surface area contributed by atoms with Gasteiger partial charge in [0, 0.05) is 31.4 Å². The topological polar surface area (TPSA) is 24.5 Å². The molecule has 2 aliphatic rings. The van der Waals surface area contributed by atoms with E-state index in [1.165, 1.54) is 24.1 Å². The fourth-order valence-corrected chi connectivity index (χ4v) is 3.20. The summed E-state index contributed by atoms with van der Waals surface area (Å²) in [5, 5.41) is 3.62. The maximum absolute atomic E-state index is 5.78. The Bertz CT molecular complexity index is 394. The molecule has 1 aromatic rings. The second-order valence-electron chi connectivity index (χ2n) is 5.63. The molecule has 19 heavy (non-hydrogen) atoms. The number of ether oxygens (including phenoxy) is 1. The minimum absolute atomic E-state index is 0.430. The van der Waals surface area contributed by atoms with Crippen molar-refractivity contribution >= 4 is 5.69 Å². The van der Waals surface area contributed by atoms with Gasteiger partial charge in [-0.25, -0.2) is 0 Å². The van der Waals surface area contributed by atoms with Crippen molar-refractivity contribution in [3.8, 4) is 0 Å². The number of para-hydroxylation sites is 1. The van der Waals surface area contributed by atoms with Crippen molar-refractivity contribution in [2.75, 3.05) is 31.6 Å². The third-order valence-electron chi connectivity index (χ3n) is 4.43. The molecule has 0 saturated carbocycles. The van der Waals surface area contributed by atoms with Gasteiger partial charge in [0.25, 0.3) is 0 Å². The van der Waals surface area contributed by atoms with E-state index in [1.54, 1.807) is 0 Å². The van der Waals surface area contributed by atoms with Crippen LogP contribution in [0.25, 0.3) is 0 Å². The van der Waals surface area contributed by atoms with E-state index in [0.29, 0.717) is 12.1 Å². The zero-order valence-corrected chi connectivity index (χ0v) is 11.8. The summed E-state index contributed by atoms with van der Waals surface area (Å²) in [5.74, 6) is 0. The third kappa shape index (κ3) is 2.93. The first-order valence-electron chi connectivity index (χ1n) is 7.54. The maximum Gasteiger partial charge on any atom is 0.0700 e. The Labute approximate surface area is 115 Å². The zero-order valence-electron chi connectivity index (χ0n) is 11.8. The van der Waals surface area contributed by atoms with Crippen LogP contribution in [0.5, 0.6) is 0 Å². The van der Waals surface area contributed by atoms with Crippen molar-refractivity contribution < 1.29 is 4.74 Å². The number of rotatable bonds is 2. The van der Waals surface area contributed by atoms with E-state index in [1.807, 2.05) is 0 Å². The second kappa shape index (κ2) is 5.93. The molecule has 3 rings (SSSR count). The van der Waals surface area contributed by atoms with Crippen LogP contribution in [0, 0.1) is 0 Å². The van der Waals surface area contributed by atoms with Gasteiger partial charge in [-0.05, 0) is 30.9 Å². The number of hydrogen-bond donors (Lipinski definition) is 1. The van der Waals surface area contributed by atoms with Gasteiger partial charge in [0.2, 0.25) is 0 Å². The summed E-state index contributed by atoms with van der Waals surface area (Å²) in [4.78, 5) is 2.62. The lowest BCUT2D eigenvalue weighted by Crippen LogP contribution is -2.49. The van der Waals surface area contributed by atoms with Crippen molar-refractivity contribution in [3.63, 3.8) is 0 Å². The van der Waals surface area contributed by atoms with E-state index in [2.05, 4.69) is 41.4 Å². The van der Waals surface area contributed by atoms with E-state index in [4.69, 9.17) is 4.74 Å². The van der Waals surface area contributed by atoms with Crippen LogP contribution in [0.4, 0.5) is 5.69 Å². The Morgan fingerprint density at radius 3 is 3.16 bits per heavy atom. The van der Waals surface area contributed by atoms with Gasteiger partial charge in [-0.2, -0.15) is 0 Å². The zero-order chi connectivity index (χ0) is 13.1. The number of morpholine rings is 1. The van der Waals surface area contributed by atoms with Crippen LogP contribution in [0.1, 0.15) is 25.3 Å². The highest BCUT2D eigenvalue weighted by Crippen LogP contribution is 2.24. The van der Waals surface area contributed by atoms with E-state index >= 15 is 0 Å². The smallest absolute Gasteiger partial charge is 0.0700 e. The molecule has 0 bridgehead atoms. The molecule has 2 heterocycles. The van der Waals surface area contributed by atoms with Gasteiger partial charge in [0.1, 0.15) is 0 Å². The van der Waals surface area contributed by atoms with Crippen molar-refractivity contribution in [1.82, 2.24) is 4.90 Å². The fourth-order valence-electron chi connectivity index (χ4n) is 3.20. The summed E-state index contributed by atoms with van der Waals surface area (Å²) in [6.07, 6.45) is 3.98. The van der Waals surface area contributed by atoms with Gasteiger partial charge in [-0.3, -0.25) is 4.90 Å². The monoisotopic (exact) mass is 260 g/mol. The summed E-state index contributed by atoms with van der Waals surface area (Å²) < 4.78 is 5.78. The molecule has 1 N–H and O–H groups in total. The molecule has 1 saturated heterocycles. The Balaban J connectivity index is 1.65. The SMILES string of the molecule is CCC1CN(C2CCc3ccccc3NC2)CCO1. The van der Waals surface area contributed by atoms with Crippen molar-refractivity contribution in [1.29, 1.82) is 0 Å². The van der Waals surface area contributed by atoms with Crippen LogP contribution in [0.15, 0.2) is 24.3 Å². The quantitative estimate of drug-likeness (QED) is 0.884. The number of benzene rings is 1. The number of anilines is 1. The lowest BCUT2D eigenvalue weighted by molar-refractivity contribution is -0.0434. The highest BCUT2D eigenvalue weighted by Gasteiger charge is 2.26. The molecule has 0 aliphatic carbocycles. The predicted molar refractivity (Wildman–Crippen MR) is 78.6 cm³/mol. The van der Waals surface area contributed by atoms with E-state index in [-0.39, 0.29) is 0 Å². The molecule has 2 unspecified atom stereocenters. The van der Waals surface area contributed by atoms with Gasteiger partial charge in [0.05, 0.1) is 12.7 Å². The average Bonchev–Trinajstić information content (AvgIpc) is 2.70. The van der Waals surface area contributed by atoms with E-state index in [9.17, 15) is 0 Å². The van der Waals surface area contributed by atoms with E-state index < -0.39 is 0 Å². The Morgan fingerprint density at radius 2 is 2.26 bits per heavy atom. The first kappa shape index (κ1) is 12.9. The van der Waals surface area contributed by atoms with Gasteiger partial charge in [-0.1, -0.05) is 25.1 Å². The molecule has 0 spiro atoms. The number of nitrogens with zero attached hydrogens (tertiary/aromatic N) is 1. The number of hydrogen-bond acceptors (Lipinski definition) is 3. The molecular formula is C16H24N2O. The summed E-state index contributed by atoms with van der Waals surface area (Å²) in [6, 6.07) is 9.35. The van der Waals surface area contributed by atoms with Gasteiger partial charge < -0.3 is 10.1 Å². The second-order valence-corrected chi connectivity index (χ2v) is 5.63. The molecule has 1 aromatic carbocycles. The van der Waals surface area contributed by atoms with Crippen LogP contribution in [0.2, 0.25) is 0 Å². The van der Waals surface area contributed by atoms with Crippen molar-refractivity contribution in [2.24, 2.45) is 0 Å².